The van der Waals surface area contributed by atoms with E-state index in [-0.39, 0.29) is 6.61 Å². The van der Waals surface area contributed by atoms with Crippen molar-refractivity contribution in [2.24, 2.45) is 0 Å². The van der Waals surface area contributed by atoms with Gasteiger partial charge in [-0.3, -0.25) is 4.57 Å². The van der Waals surface area contributed by atoms with Crippen molar-refractivity contribution >= 4 is 28.7 Å². The number of rotatable bonds is 6. The molecule has 1 saturated heterocycles. The molecule has 0 radical (unpaired) electrons. The summed E-state index contributed by atoms with van der Waals surface area (Å²) in [6.07, 6.45) is 3.59. The second kappa shape index (κ2) is 8.57. The molecule has 4 heterocycles. The molecule has 158 valence electrons. The van der Waals surface area contributed by atoms with Gasteiger partial charge in [0.05, 0.1) is 6.61 Å². The van der Waals surface area contributed by atoms with Gasteiger partial charge in [0, 0.05) is 44.6 Å². The number of aliphatic hydroxyl groups is 1. The van der Waals surface area contributed by atoms with E-state index >= 15 is 0 Å². The van der Waals surface area contributed by atoms with Crippen molar-refractivity contribution in [3.63, 3.8) is 0 Å². The lowest BCUT2D eigenvalue weighted by molar-refractivity contribution is 0.311. The highest BCUT2D eigenvalue weighted by Crippen LogP contribution is 2.26. The standard InChI is InChI=1S/C22H24N8O/c31-15-10-24-20-19-21(30(16-25-19)17-6-2-1-3-7-17)27-22(26-20)29-13-11-28(12-14-29)18-8-4-5-9-23-18/h1-9,16,31H,10-15H2,(H,24,26,27). The first-order valence-corrected chi connectivity index (χ1v) is 10.4. The summed E-state index contributed by atoms with van der Waals surface area (Å²) in [6.45, 7) is 3.69. The van der Waals surface area contributed by atoms with Gasteiger partial charge in [0.1, 0.15) is 12.1 Å². The van der Waals surface area contributed by atoms with Gasteiger partial charge in [0.15, 0.2) is 17.0 Å². The third-order valence-corrected chi connectivity index (χ3v) is 5.36. The molecule has 0 spiro atoms. The normalized spacial score (nSPS) is 14.2. The molecule has 3 aromatic heterocycles. The van der Waals surface area contributed by atoms with Gasteiger partial charge in [-0.2, -0.15) is 9.97 Å². The minimum absolute atomic E-state index is 0.0168. The molecule has 0 aliphatic carbocycles. The molecule has 0 saturated carbocycles. The monoisotopic (exact) mass is 416 g/mol. The van der Waals surface area contributed by atoms with Crippen LogP contribution in [-0.2, 0) is 0 Å². The Bertz CT molecular complexity index is 1140. The molecule has 9 nitrogen and oxygen atoms in total. The maximum Gasteiger partial charge on any atom is 0.229 e. The summed E-state index contributed by atoms with van der Waals surface area (Å²) >= 11 is 0. The Labute approximate surface area is 180 Å². The fourth-order valence-electron chi connectivity index (χ4n) is 3.78. The lowest BCUT2D eigenvalue weighted by Gasteiger charge is -2.35. The number of pyridine rings is 1. The van der Waals surface area contributed by atoms with E-state index in [0.29, 0.717) is 23.8 Å². The van der Waals surface area contributed by atoms with Gasteiger partial charge in [-0.15, -0.1) is 0 Å². The Kier molecular flexibility index (Phi) is 5.32. The fraction of sp³-hybridized carbons (Fsp3) is 0.273. The predicted octanol–water partition coefficient (Wildman–Crippen LogP) is 1.94. The number of nitrogens with one attached hydrogen (secondary N) is 1. The van der Waals surface area contributed by atoms with Crippen molar-refractivity contribution in [2.75, 3.05) is 54.4 Å². The van der Waals surface area contributed by atoms with Gasteiger partial charge in [-0.25, -0.2) is 9.97 Å². The fourth-order valence-corrected chi connectivity index (χ4v) is 3.78. The Morgan fingerprint density at radius 1 is 0.871 bits per heavy atom. The first-order chi connectivity index (χ1) is 15.3. The maximum atomic E-state index is 9.28. The first-order valence-electron chi connectivity index (χ1n) is 10.4. The first kappa shape index (κ1) is 19.3. The summed E-state index contributed by atoms with van der Waals surface area (Å²) < 4.78 is 1.97. The van der Waals surface area contributed by atoms with Crippen molar-refractivity contribution in [2.45, 2.75) is 0 Å². The summed E-state index contributed by atoms with van der Waals surface area (Å²) in [6, 6.07) is 16.0. The summed E-state index contributed by atoms with van der Waals surface area (Å²) in [4.78, 5) is 23.1. The highest BCUT2D eigenvalue weighted by atomic mass is 16.3. The number of benzene rings is 1. The summed E-state index contributed by atoms with van der Waals surface area (Å²) in [5.41, 5.74) is 2.42. The third-order valence-electron chi connectivity index (χ3n) is 5.36. The van der Waals surface area contributed by atoms with E-state index in [1.807, 2.05) is 59.3 Å². The number of imidazole rings is 1. The second-order valence-electron chi connectivity index (χ2n) is 7.31. The zero-order chi connectivity index (χ0) is 21.0. The minimum atomic E-state index is 0.0168. The molecule has 1 aromatic carbocycles. The SMILES string of the molecule is OCCNc1nc(N2CCN(c3ccccn3)CC2)nc2c1ncn2-c1ccccc1. The number of piperazine rings is 1. The van der Waals surface area contributed by atoms with Crippen molar-refractivity contribution in [1.82, 2.24) is 24.5 Å². The van der Waals surface area contributed by atoms with Crippen LogP contribution >= 0.6 is 0 Å². The molecule has 31 heavy (non-hydrogen) atoms. The average molecular weight is 416 g/mol. The lowest BCUT2D eigenvalue weighted by Crippen LogP contribution is -2.47. The molecule has 0 atom stereocenters. The van der Waals surface area contributed by atoms with E-state index in [2.05, 4.69) is 25.1 Å². The van der Waals surface area contributed by atoms with E-state index < -0.39 is 0 Å². The number of para-hydroxylation sites is 1. The third kappa shape index (κ3) is 3.87. The molecule has 0 unspecified atom stereocenters. The number of fused-ring (bicyclic) bond motifs is 1. The molecule has 0 bridgehead atoms. The number of anilines is 3. The van der Waals surface area contributed by atoms with E-state index in [1.165, 1.54) is 0 Å². The number of hydrogen-bond donors (Lipinski definition) is 2. The van der Waals surface area contributed by atoms with Crippen LogP contribution in [-0.4, -0.2) is 68.9 Å². The van der Waals surface area contributed by atoms with Crippen LogP contribution < -0.4 is 15.1 Å². The van der Waals surface area contributed by atoms with Crippen molar-refractivity contribution in [3.05, 3.63) is 61.1 Å². The van der Waals surface area contributed by atoms with Crippen LogP contribution in [0.2, 0.25) is 0 Å². The van der Waals surface area contributed by atoms with E-state index in [0.717, 1.165) is 43.3 Å². The average Bonchev–Trinajstić information content (AvgIpc) is 3.28. The van der Waals surface area contributed by atoms with Gasteiger partial charge < -0.3 is 20.2 Å². The van der Waals surface area contributed by atoms with Gasteiger partial charge in [0.25, 0.3) is 0 Å². The predicted molar refractivity (Wildman–Crippen MR) is 121 cm³/mol. The van der Waals surface area contributed by atoms with Crippen LogP contribution in [0, 0.1) is 0 Å². The Hall–Kier alpha value is -3.72. The van der Waals surface area contributed by atoms with Crippen LogP contribution in [0.25, 0.3) is 16.9 Å². The molecule has 1 fully saturated rings. The van der Waals surface area contributed by atoms with Crippen LogP contribution in [0.5, 0.6) is 0 Å². The highest BCUT2D eigenvalue weighted by Gasteiger charge is 2.22. The Morgan fingerprint density at radius 3 is 2.39 bits per heavy atom. The zero-order valence-electron chi connectivity index (χ0n) is 17.1. The number of aromatic nitrogens is 5. The Balaban J connectivity index is 1.47. The topological polar surface area (TPSA) is 95.2 Å². The van der Waals surface area contributed by atoms with Crippen LogP contribution in [0.4, 0.5) is 17.6 Å². The highest BCUT2D eigenvalue weighted by molar-refractivity contribution is 5.85. The molecule has 4 aromatic rings. The molecule has 9 heteroatoms. The number of nitrogens with zero attached hydrogens (tertiary/aromatic N) is 7. The minimum Gasteiger partial charge on any atom is -0.395 e. The molecule has 5 rings (SSSR count). The van der Waals surface area contributed by atoms with Gasteiger partial charge in [-0.05, 0) is 24.3 Å². The molecule has 1 aliphatic rings. The van der Waals surface area contributed by atoms with E-state index in [4.69, 9.17) is 9.97 Å². The van der Waals surface area contributed by atoms with Gasteiger partial charge in [-0.1, -0.05) is 24.3 Å². The molecule has 2 N–H and O–H groups in total. The Morgan fingerprint density at radius 2 is 1.65 bits per heavy atom. The van der Waals surface area contributed by atoms with Crippen LogP contribution in [0.1, 0.15) is 0 Å². The number of hydrogen-bond acceptors (Lipinski definition) is 8. The zero-order valence-corrected chi connectivity index (χ0v) is 17.1. The van der Waals surface area contributed by atoms with Crippen LogP contribution in [0.3, 0.4) is 0 Å². The van der Waals surface area contributed by atoms with Gasteiger partial charge >= 0.3 is 0 Å². The smallest absolute Gasteiger partial charge is 0.229 e. The van der Waals surface area contributed by atoms with E-state index in [9.17, 15) is 5.11 Å². The van der Waals surface area contributed by atoms with Gasteiger partial charge in [0.2, 0.25) is 5.95 Å². The quantitative estimate of drug-likeness (QED) is 0.492. The molecular weight excluding hydrogens is 392 g/mol. The summed E-state index contributed by atoms with van der Waals surface area (Å²) in [7, 11) is 0. The van der Waals surface area contributed by atoms with Crippen molar-refractivity contribution in [3.8, 4) is 5.69 Å². The molecular formula is C22H24N8O. The van der Waals surface area contributed by atoms with Crippen molar-refractivity contribution in [1.29, 1.82) is 0 Å². The maximum absolute atomic E-state index is 9.28. The van der Waals surface area contributed by atoms with Crippen LogP contribution in [0.15, 0.2) is 61.1 Å². The van der Waals surface area contributed by atoms with E-state index in [1.54, 1.807) is 6.33 Å². The van der Waals surface area contributed by atoms with Crippen molar-refractivity contribution < 1.29 is 5.11 Å². The molecule has 0 amide bonds. The second-order valence-corrected chi connectivity index (χ2v) is 7.31. The molecule has 1 aliphatic heterocycles. The summed E-state index contributed by atoms with van der Waals surface area (Å²) in [5.74, 6) is 2.29. The largest absolute Gasteiger partial charge is 0.395 e. The summed E-state index contributed by atoms with van der Waals surface area (Å²) in [5, 5.41) is 12.5. The number of aliphatic hydroxyl groups excluding tert-OH is 1. The lowest BCUT2D eigenvalue weighted by atomic mass is 10.3.